The molecule has 0 aliphatic carbocycles. The number of hydrogen-bond acceptors (Lipinski definition) is 6. The van der Waals surface area contributed by atoms with Gasteiger partial charge in [0.05, 0.1) is 31.4 Å². The van der Waals surface area contributed by atoms with E-state index in [1.807, 2.05) is 67.5 Å². The molecule has 0 N–H and O–H groups in total. The number of nitrogens with zero attached hydrogens (tertiary/aromatic N) is 4. The minimum atomic E-state index is -0.550. The van der Waals surface area contributed by atoms with Crippen molar-refractivity contribution >= 4 is 61.3 Å². The van der Waals surface area contributed by atoms with E-state index in [0.717, 1.165) is 15.9 Å². The highest BCUT2D eigenvalue weighted by Gasteiger charge is 2.26. The highest BCUT2D eigenvalue weighted by atomic mass is 35.5. The maximum atomic E-state index is 13.6. The molecule has 1 aromatic heterocycles. The third-order valence-corrected chi connectivity index (χ3v) is 6.03. The van der Waals surface area contributed by atoms with Gasteiger partial charge in [0.1, 0.15) is 0 Å². The van der Waals surface area contributed by atoms with Crippen molar-refractivity contribution in [1.82, 2.24) is 4.98 Å². The highest BCUT2D eigenvalue weighted by Crippen LogP contribution is 2.36. The number of aromatic nitrogens is 1. The van der Waals surface area contributed by atoms with Crippen LogP contribution in [0.3, 0.4) is 0 Å². The third kappa shape index (κ3) is 4.08. The molecule has 0 bridgehead atoms. The zero-order valence-corrected chi connectivity index (χ0v) is 18.2. The van der Waals surface area contributed by atoms with Crippen molar-refractivity contribution in [2.45, 2.75) is 0 Å². The van der Waals surface area contributed by atoms with Crippen molar-refractivity contribution < 1.29 is 9.72 Å². The number of amides is 1. The standard InChI is InChI=1S/C22H17ClN4O3S/c1-25(2)14-7-9-15(10-8-14)26(22-24-19-5-3-4-6-20(19)31-22)21(28)17-12-11-16(27(29)30)13-18(17)23/h3-13H,1-2H3. The van der Waals surface area contributed by atoms with Gasteiger partial charge in [-0.05, 0) is 42.5 Å². The van der Waals surface area contributed by atoms with Gasteiger partial charge in [0.25, 0.3) is 11.6 Å². The van der Waals surface area contributed by atoms with Crippen molar-refractivity contribution in [1.29, 1.82) is 0 Å². The first-order chi connectivity index (χ1) is 14.8. The number of nitro benzene ring substituents is 1. The fraction of sp³-hybridized carbons (Fsp3) is 0.0909. The van der Waals surface area contributed by atoms with Crippen LogP contribution in [0.1, 0.15) is 10.4 Å². The van der Waals surface area contributed by atoms with Crippen LogP contribution in [-0.4, -0.2) is 29.9 Å². The summed E-state index contributed by atoms with van der Waals surface area (Å²) < 4.78 is 0.940. The summed E-state index contributed by atoms with van der Waals surface area (Å²) in [6, 6.07) is 18.9. The highest BCUT2D eigenvalue weighted by molar-refractivity contribution is 7.22. The lowest BCUT2D eigenvalue weighted by atomic mass is 10.1. The second-order valence-corrected chi connectivity index (χ2v) is 8.35. The molecular formula is C22H17ClN4O3S. The van der Waals surface area contributed by atoms with E-state index < -0.39 is 10.8 Å². The molecule has 4 aromatic rings. The SMILES string of the molecule is CN(C)c1ccc(N(C(=O)c2ccc([N+](=O)[O-])cc2Cl)c2nc3ccccc3s2)cc1. The number of rotatable bonds is 5. The smallest absolute Gasteiger partial charge is 0.270 e. The number of benzene rings is 3. The van der Waals surface area contributed by atoms with Gasteiger partial charge in [-0.3, -0.25) is 19.8 Å². The Balaban J connectivity index is 1.83. The number of thiazole rings is 1. The average Bonchev–Trinajstić information content (AvgIpc) is 3.17. The lowest BCUT2D eigenvalue weighted by Gasteiger charge is -2.22. The van der Waals surface area contributed by atoms with E-state index in [1.54, 1.807) is 0 Å². The Morgan fingerprint density at radius 1 is 1.03 bits per heavy atom. The number of para-hydroxylation sites is 1. The first-order valence-corrected chi connectivity index (χ1v) is 10.5. The van der Waals surface area contributed by atoms with Crippen molar-refractivity contribution in [3.05, 3.63) is 87.4 Å². The predicted molar refractivity (Wildman–Crippen MR) is 125 cm³/mol. The van der Waals surface area contributed by atoms with Gasteiger partial charge in [0.2, 0.25) is 0 Å². The number of hydrogen-bond donors (Lipinski definition) is 0. The van der Waals surface area contributed by atoms with E-state index in [9.17, 15) is 14.9 Å². The fourth-order valence-corrected chi connectivity index (χ4v) is 4.32. The molecule has 0 unspecified atom stereocenters. The minimum absolute atomic E-state index is 0.00947. The molecular weight excluding hydrogens is 436 g/mol. The van der Waals surface area contributed by atoms with Gasteiger partial charge < -0.3 is 4.90 Å². The number of nitro groups is 1. The summed E-state index contributed by atoms with van der Waals surface area (Å²) >= 11 is 7.64. The number of carbonyl (C=O) groups excluding carboxylic acids is 1. The summed E-state index contributed by atoms with van der Waals surface area (Å²) in [5.74, 6) is -0.420. The maximum absolute atomic E-state index is 13.6. The van der Waals surface area contributed by atoms with E-state index in [1.165, 1.54) is 34.4 Å². The molecule has 0 atom stereocenters. The third-order valence-electron chi connectivity index (χ3n) is 4.70. The van der Waals surface area contributed by atoms with Crippen molar-refractivity contribution in [3.8, 4) is 0 Å². The molecule has 0 spiro atoms. The molecule has 0 saturated carbocycles. The van der Waals surface area contributed by atoms with Crippen molar-refractivity contribution in [3.63, 3.8) is 0 Å². The van der Waals surface area contributed by atoms with E-state index in [4.69, 9.17) is 11.6 Å². The summed E-state index contributed by atoms with van der Waals surface area (Å²) in [5, 5.41) is 11.5. The van der Waals surface area contributed by atoms with Gasteiger partial charge in [-0.15, -0.1) is 0 Å². The lowest BCUT2D eigenvalue weighted by Crippen LogP contribution is -2.26. The Kier molecular flexibility index (Phi) is 5.58. The molecule has 0 saturated heterocycles. The van der Waals surface area contributed by atoms with Gasteiger partial charge >= 0.3 is 0 Å². The summed E-state index contributed by atoms with van der Waals surface area (Å²) in [5.41, 5.74) is 2.35. The summed E-state index contributed by atoms with van der Waals surface area (Å²) in [6.07, 6.45) is 0. The van der Waals surface area contributed by atoms with Crippen LogP contribution in [0, 0.1) is 10.1 Å². The van der Waals surface area contributed by atoms with Crippen LogP contribution in [0.15, 0.2) is 66.7 Å². The van der Waals surface area contributed by atoms with Gasteiger partial charge in [-0.1, -0.05) is 35.1 Å². The Bertz CT molecular complexity index is 1250. The number of halogens is 1. The first kappa shape index (κ1) is 20.8. The predicted octanol–water partition coefficient (Wildman–Crippen LogP) is 5.90. The quantitative estimate of drug-likeness (QED) is 0.278. The van der Waals surface area contributed by atoms with E-state index in [0.29, 0.717) is 10.8 Å². The Morgan fingerprint density at radius 2 is 1.71 bits per heavy atom. The first-order valence-electron chi connectivity index (χ1n) is 9.26. The topological polar surface area (TPSA) is 79.6 Å². The second-order valence-electron chi connectivity index (χ2n) is 6.94. The molecule has 0 fully saturated rings. The molecule has 1 heterocycles. The van der Waals surface area contributed by atoms with Crippen LogP contribution >= 0.6 is 22.9 Å². The molecule has 1 amide bonds. The Labute approximate surface area is 187 Å². The van der Waals surface area contributed by atoms with Crippen LogP contribution in [0.5, 0.6) is 0 Å². The molecule has 0 radical (unpaired) electrons. The van der Waals surface area contributed by atoms with Crippen molar-refractivity contribution in [2.24, 2.45) is 0 Å². The van der Waals surface area contributed by atoms with E-state index in [2.05, 4.69) is 4.98 Å². The molecule has 31 heavy (non-hydrogen) atoms. The monoisotopic (exact) mass is 452 g/mol. The van der Waals surface area contributed by atoms with E-state index in [-0.39, 0.29) is 16.3 Å². The fourth-order valence-electron chi connectivity index (χ4n) is 3.08. The van der Waals surface area contributed by atoms with Gasteiger partial charge in [0, 0.05) is 31.9 Å². The van der Waals surface area contributed by atoms with Crippen LogP contribution in [0.25, 0.3) is 10.2 Å². The molecule has 9 heteroatoms. The van der Waals surface area contributed by atoms with Crippen LogP contribution in [-0.2, 0) is 0 Å². The molecule has 0 aliphatic rings. The zero-order chi connectivity index (χ0) is 22.1. The number of non-ortho nitro benzene ring substituents is 1. The lowest BCUT2D eigenvalue weighted by molar-refractivity contribution is -0.384. The van der Waals surface area contributed by atoms with Crippen molar-refractivity contribution in [2.75, 3.05) is 23.9 Å². The van der Waals surface area contributed by atoms with Gasteiger partial charge in [-0.2, -0.15) is 0 Å². The zero-order valence-electron chi connectivity index (χ0n) is 16.7. The second kappa shape index (κ2) is 8.33. The Morgan fingerprint density at radius 3 is 2.32 bits per heavy atom. The summed E-state index contributed by atoms with van der Waals surface area (Å²) in [6.45, 7) is 0. The number of fused-ring (bicyclic) bond motifs is 1. The van der Waals surface area contributed by atoms with Gasteiger partial charge in [-0.25, -0.2) is 4.98 Å². The normalized spacial score (nSPS) is 10.8. The summed E-state index contributed by atoms with van der Waals surface area (Å²) in [7, 11) is 3.87. The largest absolute Gasteiger partial charge is 0.378 e. The average molecular weight is 453 g/mol. The van der Waals surface area contributed by atoms with E-state index >= 15 is 0 Å². The summed E-state index contributed by atoms with van der Waals surface area (Å²) in [4.78, 5) is 32.1. The maximum Gasteiger partial charge on any atom is 0.270 e. The van der Waals surface area contributed by atoms with Gasteiger partial charge in [0.15, 0.2) is 5.13 Å². The minimum Gasteiger partial charge on any atom is -0.378 e. The molecule has 3 aromatic carbocycles. The Hall–Kier alpha value is -3.49. The molecule has 4 rings (SSSR count). The molecule has 156 valence electrons. The van der Waals surface area contributed by atoms with Crippen LogP contribution < -0.4 is 9.80 Å². The molecule has 7 nitrogen and oxygen atoms in total. The van der Waals surface area contributed by atoms with Crippen LogP contribution in [0.2, 0.25) is 5.02 Å². The molecule has 0 aliphatic heterocycles. The number of carbonyl (C=O) groups is 1. The van der Waals surface area contributed by atoms with Crippen LogP contribution in [0.4, 0.5) is 22.2 Å². The number of anilines is 3.